The summed E-state index contributed by atoms with van der Waals surface area (Å²) in [6.07, 6.45) is -0.591. The molecule has 42 heavy (non-hydrogen) atoms. The molecule has 1 aliphatic rings. The number of nitrogens with two attached hydrogens (primary N) is 1. The number of carboxylic acids is 1. The summed E-state index contributed by atoms with van der Waals surface area (Å²) in [5, 5.41) is 9.29. The van der Waals surface area contributed by atoms with Gasteiger partial charge in [-0.05, 0) is 63.9 Å². The van der Waals surface area contributed by atoms with E-state index in [9.17, 15) is 23.1 Å². The summed E-state index contributed by atoms with van der Waals surface area (Å²) in [4.78, 5) is 34.0. The number of hydrogen-bond acceptors (Lipinski definition) is 9. The first-order valence-electron chi connectivity index (χ1n) is 13.3. The summed E-state index contributed by atoms with van der Waals surface area (Å²) >= 11 is 0. The van der Waals surface area contributed by atoms with Crippen molar-refractivity contribution in [1.82, 2.24) is 14.9 Å². The molecule has 4 N–H and O–H groups in total. The van der Waals surface area contributed by atoms with Crippen molar-refractivity contribution in [1.29, 1.82) is 0 Å². The summed E-state index contributed by atoms with van der Waals surface area (Å²) < 4.78 is 40.4. The molecule has 1 amide bonds. The maximum atomic E-state index is 13.2. The SMILES string of the molecule is Cc1cccc(C)c1-c1cc(O[C@@H]2CCN(C(=O)OC(C)(C)C)C[C@H]2N)nc(NS(=O)(=O)c2cccc(C(=O)O)c2)n1. The number of sulfonamides is 1. The van der Waals surface area contributed by atoms with Gasteiger partial charge in [-0.15, -0.1) is 0 Å². The van der Waals surface area contributed by atoms with Gasteiger partial charge >= 0.3 is 12.1 Å². The predicted molar refractivity (Wildman–Crippen MR) is 156 cm³/mol. The topological polar surface area (TPSA) is 174 Å². The first-order valence-corrected chi connectivity index (χ1v) is 14.8. The van der Waals surface area contributed by atoms with Crippen LogP contribution in [0.25, 0.3) is 11.3 Å². The second-order valence-corrected chi connectivity index (χ2v) is 12.8. The molecule has 2 heterocycles. The van der Waals surface area contributed by atoms with Gasteiger partial charge in [-0.2, -0.15) is 4.98 Å². The number of nitrogens with zero attached hydrogens (tertiary/aromatic N) is 3. The van der Waals surface area contributed by atoms with Gasteiger partial charge in [-0.1, -0.05) is 24.3 Å². The Morgan fingerprint density at radius 3 is 2.36 bits per heavy atom. The predicted octanol–water partition coefficient (Wildman–Crippen LogP) is 3.97. The maximum Gasteiger partial charge on any atom is 0.410 e. The smallest absolute Gasteiger partial charge is 0.410 e. The Kier molecular flexibility index (Phi) is 8.73. The van der Waals surface area contributed by atoms with Crippen molar-refractivity contribution < 1.29 is 32.6 Å². The largest absolute Gasteiger partial charge is 0.478 e. The van der Waals surface area contributed by atoms with Crippen LogP contribution < -0.4 is 15.2 Å². The number of aromatic carboxylic acids is 1. The molecule has 1 saturated heterocycles. The second-order valence-electron chi connectivity index (χ2n) is 11.2. The zero-order valence-corrected chi connectivity index (χ0v) is 24.9. The molecule has 0 unspecified atom stereocenters. The first-order chi connectivity index (χ1) is 19.6. The molecule has 13 heteroatoms. The van der Waals surface area contributed by atoms with Crippen LogP contribution in [0.15, 0.2) is 53.4 Å². The summed E-state index contributed by atoms with van der Waals surface area (Å²) in [5.41, 5.74) is 8.59. The Hall–Kier alpha value is -4.23. The van der Waals surface area contributed by atoms with Crippen LogP contribution >= 0.6 is 0 Å². The number of ether oxygens (including phenoxy) is 2. The van der Waals surface area contributed by atoms with E-state index < -0.39 is 39.8 Å². The zero-order valence-electron chi connectivity index (χ0n) is 24.1. The number of anilines is 1. The van der Waals surface area contributed by atoms with Gasteiger partial charge in [0.2, 0.25) is 11.8 Å². The van der Waals surface area contributed by atoms with Crippen LogP contribution in [0, 0.1) is 13.8 Å². The van der Waals surface area contributed by atoms with Gasteiger partial charge in [-0.25, -0.2) is 27.7 Å². The number of amides is 1. The highest BCUT2D eigenvalue weighted by molar-refractivity contribution is 7.92. The van der Waals surface area contributed by atoms with Gasteiger partial charge in [0.25, 0.3) is 10.0 Å². The van der Waals surface area contributed by atoms with E-state index >= 15 is 0 Å². The lowest BCUT2D eigenvalue weighted by Gasteiger charge is -2.37. The quantitative estimate of drug-likeness (QED) is 0.361. The van der Waals surface area contributed by atoms with E-state index in [2.05, 4.69) is 14.7 Å². The molecule has 4 rings (SSSR count). The van der Waals surface area contributed by atoms with E-state index in [1.165, 1.54) is 23.1 Å². The summed E-state index contributed by atoms with van der Waals surface area (Å²) in [6, 6.07) is 11.7. The fourth-order valence-electron chi connectivity index (χ4n) is 4.61. The van der Waals surface area contributed by atoms with Gasteiger partial charge in [-0.3, -0.25) is 0 Å². The van der Waals surface area contributed by atoms with Crippen LogP contribution in [-0.4, -0.2) is 71.3 Å². The highest BCUT2D eigenvalue weighted by Gasteiger charge is 2.33. The summed E-state index contributed by atoms with van der Waals surface area (Å²) in [7, 11) is -4.26. The third kappa shape index (κ3) is 7.34. The van der Waals surface area contributed by atoms with Gasteiger partial charge in [0.1, 0.15) is 11.7 Å². The van der Waals surface area contributed by atoms with Crippen molar-refractivity contribution in [2.75, 3.05) is 17.8 Å². The molecule has 0 bridgehead atoms. The normalized spacial score (nSPS) is 17.4. The molecule has 2 aromatic carbocycles. The lowest BCUT2D eigenvalue weighted by atomic mass is 10.00. The van der Waals surface area contributed by atoms with Gasteiger partial charge in [0, 0.05) is 31.1 Å². The number of carbonyl (C=O) groups excluding carboxylic acids is 1. The molecular weight excluding hydrogens is 562 g/mol. The molecule has 224 valence electrons. The fraction of sp³-hybridized carbons (Fsp3) is 0.379. The van der Waals surface area contributed by atoms with Crippen molar-refractivity contribution in [2.24, 2.45) is 5.73 Å². The summed E-state index contributed by atoms with van der Waals surface area (Å²) in [5.74, 6) is -1.43. The molecule has 1 aliphatic heterocycles. The number of carboxylic acid groups (broad SMARTS) is 1. The Morgan fingerprint density at radius 1 is 1.07 bits per heavy atom. The summed E-state index contributed by atoms with van der Waals surface area (Å²) in [6.45, 7) is 9.74. The van der Waals surface area contributed by atoms with E-state index in [4.69, 9.17) is 15.2 Å². The van der Waals surface area contributed by atoms with E-state index in [0.717, 1.165) is 22.8 Å². The zero-order chi connectivity index (χ0) is 30.8. The lowest BCUT2D eigenvalue weighted by Crippen LogP contribution is -2.55. The minimum atomic E-state index is -4.26. The average Bonchev–Trinajstić information content (AvgIpc) is 2.88. The average molecular weight is 598 g/mol. The van der Waals surface area contributed by atoms with Crippen LogP contribution in [0.4, 0.5) is 10.7 Å². The molecule has 0 aliphatic carbocycles. The molecule has 1 aromatic heterocycles. The van der Waals surface area contributed by atoms with E-state index in [-0.39, 0.29) is 28.8 Å². The fourth-order valence-corrected chi connectivity index (χ4v) is 5.60. The Morgan fingerprint density at radius 2 is 1.74 bits per heavy atom. The number of aromatic nitrogens is 2. The highest BCUT2D eigenvalue weighted by Crippen LogP contribution is 2.30. The van der Waals surface area contributed by atoms with Crippen molar-refractivity contribution in [2.45, 2.75) is 63.7 Å². The number of carbonyl (C=O) groups is 2. The van der Waals surface area contributed by atoms with Crippen LogP contribution in [0.3, 0.4) is 0 Å². The Labute approximate surface area is 244 Å². The number of nitrogens with one attached hydrogen (secondary N) is 1. The van der Waals surface area contributed by atoms with Crippen molar-refractivity contribution >= 4 is 28.0 Å². The molecule has 1 fully saturated rings. The highest BCUT2D eigenvalue weighted by atomic mass is 32.2. The molecule has 3 aromatic rings. The van der Waals surface area contributed by atoms with E-state index in [0.29, 0.717) is 18.7 Å². The van der Waals surface area contributed by atoms with Crippen LogP contribution in [0.2, 0.25) is 0 Å². The standard InChI is InChI=1S/C29H35N5O7S/c1-17-8-6-9-18(2)25(17)22-15-24(40-23-12-13-34(16-21(23)30)28(37)41-29(3,4)5)32-27(31-22)33-42(38,39)20-11-7-10-19(14-20)26(35)36/h6-11,14-15,21,23H,12-13,16,30H2,1-5H3,(H,35,36)(H,31,32,33)/t21-,23-/m1/s1. The third-order valence-electron chi connectivity index (χ3n) is 6.57. The molecule has 2 atom stereocenters. The Balaban J connectivity index is 1.65. The lowest BCUT2D eigenvalue weighted by molar-refractivity contribution is 0.00790. The van der Waals surface area contributed by atoms with E-state index in [1.54, 1.807) is 26.8 Å². The molecule has 0 spiro atoms. The second kappa shape index (κ2) is 11.9. The molecule has 0 radical (unpaired) electrons. The maximum absolute atomic E-state index is 13.2. The minimum absolute atomic E-state index is 0.0887. The molecule has 0 saturated carbocycles. The number of benzene rings is 2. The number of hydrogen-bond donors (Lipinski definition) is 3. The number of likely N-dealkylation sites (tertiary alicyclic amines) is 1. The van der Waals surface area contributed by atoms with Crippen molar-refractivity contribution in [3.63, 3.8) is 0 Å². The number of piperidine rings is 1. The number of rotatable bonds is 7. The monoisotopic (exact) mass is 597 g/mol. The van der Waals surface area contributed by atoms with Gasteiger partial charge in [0.05, 0.1) is 22.2 Å². The third-order valence-corrected chi connectivity index (χ3v) is 7.90. The first kappa shape index (κ1) is 30.7. The van der Waals surface area contributed by atoms with E-state index in [1.807, 2.05) is 32.0 Å². The van der Waals surface area contributed by atoms with Crippen molar-refractivity contribution in [3.8, 4) is 17.1 Å². The Bertz CT molecular complexity index is 1580. The van der Waals surface area contributed by atoms with Gasteiger partial charge < -0.3 is 25.2 Å². The molecular formula is C29H35N5O7S. The minimum Gasteiger partial charge on any atom is -0.478 e. The van der Waals surface area contributed by atoms with Crippen LogP contribution in [-0.2, 0) is 14.8 Å². The van der Waals surface area contributed by atoms with Crippen molar-refractivity contribution in [3.05, 3.63) is 65.2 Å². The van der Waals surface area contributed by atoms with Crippen LogP contribution in [0.5, 0.6) is 5.88 Å². The molecule has 12 nitrogen and oxygen atoms in total. The van der Waals surface area contributed by atoms with Gasteiger partial charge in [0.15, 0.2) is 0 Å². The van der Waals surface area contributed by atoms with Crippen LogP contribution in [0.1, 0.15) is 48.7 Å². The number of aryl methyl sites for hydroxylation is 2.